The first-order valence-electron chi connectivity index (χ1n) is 6.89. The first-order valence-corrected chi connectivity index (χ1v) is 6.89. The highest BCUT2D eigenvalue weighted by atomic mass is 16.4. The number of rotatable bonds is 7. The zero-order chi connectivity index (χ0) is 13.4. The van der Waals surface area contributed by atoms with Gasteiger partial charge in [0.15, 0.2) is 0 Å². The van der Waals surface area contributed by atoms with Crippen molar-refractivity contribution in [1.82, 2.24) is 10.6 Å². The lowest BCUT2D eigenvalue weighted by molar-refractivity contribution is -0.139. The van der Waals surface area contributed by atoms with Crippen molar-refractivity contribution < 1.29 is 14.7 Å². The fourth-order valence-corrected chi connectivity index (χ4v) is 2.34. The summed E-state index contributed by atoms with van der Waals surface area (Å²) in [7, 11) is 0. The van der Waals surface area contributed by atoms with Gasteiger partial charge in [-0.05, 0) is 19.3 Å². The van der Waals surface area contributed by atoms with Gasteiger partial charge in [-0.2, -0.15) is 0 Å². The van der Waals surface area contributed by atoms with Crippen LogP contribution < -0.4 is 10.6 Å². The molecule has 1 rings (SSSR count). The van der Waals surface area contributed by atoms with E-state index >= 15 is 0 Å². The van der Waals surface area contributed by atoms with Crippen LogP contribution in [0.25, 0.3) is 0 Å². The summed E-state index contributed by atoms with van der Waals surface area (Å²) < 4.78 is 0. The highest BCUT2D eigenvalue weighted by Gasteiger charge is 2.19. The minimum absolute atomic E-state index is 0.0907. The number of aliphatic carboxylic acids is 1. The van der Waals surface area contributed by atoms with Gasteiger partial charge in [-0.3, -0.25) is 14.9 Å². The molecule has 0 spiro atoms. The summed E-state index contributed by atoms with van der Waals surface area (Å²) in [6, 6.07) is -0.338. The van der Waals surface area contributed by atoms with Crippen LogP contribution in [0.4, 0.5) is 0 Å². The molecular weight excluding hydrogens is 232 g/mol. The second kappa shape index (κ2) is 8.08. The van der Waals surface area contributed by atoms with E-state index < -0.39 is 12.0 Å². The maximum Gasteiger partial charge on any atom is 0.320 e. The van der Waals surface area contributed by atoms with Crippen LogP contribution in [0.1, 0.15) is 51.9 Å². The molecule has 0 aliphatic heterocycles. The average molecular weight is 256 g/mol. The van der Waals surface area contributed by atoms with Crippen LogP contribution in [0.2, 0.25) is 0 Å². The van der Waals surface area contributed by atoms with Crippen LogP contribution in [0.5, 0.6) is 0 Å². The molecule has 1 saturated carbocycles. The summed E-state index contributed by atoms with van der Waals surface area (Å²) in [5.74, 6) is -0.980. The minimum Gasteiger partial charge on any atom is -0.480 e. The summed E-state index contributed by atoms with van der Waals surface area (Å²) >= 11 is 0. The largest absolute Gasteiger partial charge is 0.480 e. The van der Waals surface area contributed by atoms with Gasteiger partial charge in [0, 0.05) is 6.04 Å². The molecule has 1 aliphatic rings. The van der Waals surface area contributed by atoms with Gasteiger partial charge in [-0.1, -0.05) is 32.6 Å². The van der Waals surface area contributed by atoms with E-state index in [1.54, 1.807) is 0 Å². The lowest BCUT2D eigenvalue weighted by Gasteiger charge is -2.23. The fourth-order valence-electron chi connectivity index (χ4n) is 2.34. The molecule has 5 nitrogen and oxygen atoms in total. The van der Waals surface area contributed by atoms with Gasteiger partial charge in [0.1, 0.15) is 6.04 Å². The quantitative estimate of drug-likeness (QED) is 0.641. The molecule has 1 amide bonds. The van der Waals surface area contributed by atoms with Gasteiger partial charge in [0.05, 0.1) is 6.54 Å². The monoisotopic (exact) mass is 256 g/mol. The molecule has 1 fully saturated rings. The topological polar surface area (TPSA) is 78.4 Å². The lowest BCUT2D eigenvalue weighted by Crippen LogP contribution is -2.46. The van der Waals surface area contributed by atoms with E-state index in [2.05, 4.69) is 10.6 Å². The molecule has 0 bridgehead atoms. The summed E-state index contributed by atoms with van der Waals surface area (Å²) in [5.41, 5.74) is 0. The van der Waals surface area contributed by atoms with E-state index in [9.17, 15) is 9.59 Å². The first-order chi connectivity index (χ1) is 8.63. The maximum atomic E-state index is 11.7. The Kier molecular flexibility index (Phi) is 6.72. The van der Waals surface area contributed by atoms with E-state index in [1.165, 1.54) is 19.3 Å². The second-order valence-corrected chi connectivity index (χ2v) is 4.96. The Balaban J connectivity index is 2.24. The molecule has 1 aliphatic carbocycles. The molecule has 0 aromatic rings. The highest BCUT2D eigenvalue weighted by molar-refractivity contribution is 5.80. The van der Waals surface area contributed by atoms with Crippen LogP contribution >= 0.6 is 0 Å². The standard InChI is InChI=1S/C13H24N2O3/c1-2-6-11(13(17)18)14-9-12(16)15-10-7-4-3-5-8-10/h10-11,14H,2-9H2,1H3,(H,15,16)(H,17,18). The third kappa shape index (κ3) is 5.49. The number of carbonyl (C=O) groups is 2. The molecular formula is C13H24N2O3. The van der Waals surface area contributed by atoms with Crippen molar-refractivity contribution in [2.75, 3.05) is 6.54 Å². The molecule has 0 aromatic carbocycles. The molecule has 104 valence electrons. The Morgan fingerprint density at radius 1 is 1.28 bits per heavy atom. The van der Waals surface area contributed by atoms with Crippen molar-refractivity contribution in [3.05, 3.63) is 0 Å². The molecule has 0 heterocycles. The van der Waals surface area contributed by atoms with E-state index in [1.807, 2.05) is 6.92 Å². The molecule has 1 unspecified atom stereocenters. The van der Waals surface area contributed by atoms with Crippen molar-refractivity contribution in [3.63, 3.8) is 0 Å². The van der Waals surface area contributed by atoms with Crippen LogP contribution in [-0.2, 0) is 9.59 Å². The Morgan fingerprint density at radius 3 is 2.50 bits per heavy atom. The Morgan fingerprint density at radius 2 is 1.94 bits per heavy atom. The number of amides is 1. The van der Waals surface area contributed by atoms with Crippen molar-refractivity contribution in [2.45, 2.75) is 64.0 Å². The minimum atomic E-state index is -0.887. The van der Waals surface area contributed by atoms with Gasteiger partial charge >= 0.3 is 5.97 Å². The molecule has 0 radical (unpaired) electrons. The van der Waals surface area contributed by atoms with Crippen molar-refractivity contribution in [2.24, 2.45) is 0 Å². The smallest absolute Gasteiger partial charge is 0.320 e. The molecule has 0 saturated heterocycles. The van der Waals surface area contributed by atoms with Crippen LogP contribution in [0.15, 0.2) is 0 Å². The highest BCUT2D eigenvalue weighted by Crippen LogP contribution is 2.17. The summed E-state index contributed by atoms with van der Waals surface area (Å²) in [6.07, 6.45) is 7.02. The number of carbonyl (C=O) groups excluding carboxylic acids is 1. The van der Waals surface area contributed by atoms with Crippen molar-refractivity contribution in [3.8, 4) is 0 Å². The van der Waals surface area contributed by atoms with E-state index in [-0.39, 0.29) is 18.5 Å². The van der Waals surface area contributed by atoms with Gasteiger partial charge in [0.2, 0.25) is 5.91 Å². The Hall–Kier alpha value is -1.10. The predicted octanol–water partition coefficient (Wildman–Crippen LogP) is 1.28. The van der Waals surface area contributed by atoms with Crippen molar-refractivity contribution >= 4 is 11.9 Å². The average Bonchev–Trinajstić information content (AvgIpc) is 2.35. The number of hydrogen-bond acceptors (Lipinski definition) is 3. The van der Waals surface area contributed by atoms with Gasteiger partial charge in [0.25, 0.3) is 0 Å². The molecule has 0 aromatic heterocycles. The van der Waals surface area contributed by atoms with Gasteiger partial charge in [-0.25, -0.2) is 0 Å². The van der Waals surface area contributed by atoms with E-state index in [0.29, 0.717) is 6.42 Å². The number of carboxylic acids is 1. The zero-order valence-electron chi connectivity index (χ0n) is 11.1. The van der Waals surface area contributed by atoms with Crippen LogP contribution in [-0.4, -0.2) is 35.6 Å². The number of nitrogens with one attached hydrogen (secondary N) is 2. The van der Waals surface area contributed by atoms with E-state index in [4.69, 9.17) is 5.11 Å². The summed E-state index contributed by atoms with van der Waals surface area (Å²) in [4.78, 5) is 22.6. The SMILES string of the molecule is CCCC(NCC(=O)NC1CCCCC1)C(=O)O. The molecule has 5 heteroatoms. The van der Waals surface area contributed by atoms with E-state index in [0.717, 1.165) is 19.3 Å². The van der Waals surface area contributed by atoms with Gasteiger partial charge in [-0.15, -0.1) is 0 Å². The third-order valence-corrected chi connectivity index (χ3v) is 3.35. The Labute approximate surface area is 108 Å². The van der Waals surface area contributed by atoms with Crippen LogP contribution in [0, 0.1) is 0 Å². The molecule has 3 N–H and O–H groups in total. The lowest BCUT2D eigenvalue weighted by atomic mass is 9.95. The predicted molar refractivity (Wildman–Crippen MR) is 69.4 cm³/mol. The molecule has 1 atom stereocenters. The van der Waals surface area contributed by atoms with Gasteiger partial charge < -0.3 is 10.4 Å². The summed E-state index contributed by atoms with van der Waals surface area (Å²) in [5, 5.41) is 14.7. The zero-order valence-corrected chi connectivity index (χ0v) is 11.1. The molecule has 18 heavy (non-hydrogen) atoms. The fraction of sp³-hybridized carbons (Fsp3) is 0.846. The normalized spacial score (nSPS) is 18.3. The maximum absolute atomic E-state index is 11.7. The number of hydrogen-bond donors (Lipinski definition) is 3. The third-order valence-electron chi connectivity index (χ3n) is 3.35. The number of carboxylic acid groups (broad SMARTS) is 1. The second-order valence-electron chi connectivity index (χ2n) is 4.96. The summed E-state index contributed by atoms with van der Waals surface area (Å²) in [6.45, 7) is 2.02. The van der Waals surface area contributed by atoms with Crippen LogP contribution in [0.3, 0.4) is 0 Å². The van der Waals surface area contributed by atoms with Crippen molar-refractivity contribution in [1.29, 1.82) is 0 Å². The first kappa shape index (κ1) is 15.0. The Bertz CT molecular complexity index is 275.